The molecule has 18 heavy (non-hydrogen) atoms. The van der Waals surface area contributed by atoms with Crippen LogP contribution in [-0.4, -0.2) is 41.0 Å². The molecule has 0 unspecified atom stereocenters. The minimum atomic E-state index is -0.754. The first-order valence-corrected chi connectivity index (χ1v) is 6.71. The zero-order chi connectivity index (χ0) is 13.7. The van der Waals surface area contributed by atoms with Gasteiger partial charge in [-0.05, 0) is 24.7 Å². The number of carbonyl (C=O) groups excluding carboxylic acids is 1. The van der Waals surface area contributed by atoms with Crippen LogP contribution >= 0.6 is 0 Å². The van der Waals surface area contributed by atoms with Crippen molar-refractivity contribution in [1.29, 1.82) is 0 Å². The first-order valence-electron chi connectivity index (χ1n) is 6.71. The van der Waals surface area contributed by atoms with Gasteiger partial charge in [-0.1, -0.05) is 20.3 Å². The van der Waals surface area contributed by atoms with Crippen LogP contribution in [-0.2, 0) is 9.59 Å². The van der Waals surface area contributed by atoms with Crippen LogP contribution in [0, 0.1) is 11.8 Å². The molecule has 2 atom stereocenters. The minimum Gasteiger partial charge on any atom is -0.481 e. The lowest BCUT2D eigenvalue weighted by atomic mass is 9.92. The number of likely N-dealkylation sites (tertiary alicyclic amines) is 1. The average molecular weight is 256 g/mol. The van der Waals surface area contributed by atoms with E-state index in [0.29, 0.717) is 13.1 Å². The summed E-state index contributed by atoms with van der Waals surface area (Å²) in [5.41, 5.74) is 5.93. The van der Waals surface area contributed by atoms with E-state index in [4.69, 9.17) is 10.8 Å². The number of amides is 1. The molecule has 1 amide bonds. The van der Waals surface area contributed by atoms with Gasteiger partial charge in [0.25, 0.3) is 0 Å². The van der Waals surface area contributed by atoms with Crippen molar-refractivity contribution in [3.05, 3.63) is 0 Å². The molecule has 5 nitrogen and oxygen atoms in total. The number of piperidine rings is 1. The van der Waals surface area contributed by atoms with Gasteiger partial charge in [-0.15, -0.1) is 0 Å². The summed E-state index contributed by atoms with van der Waals surface area (Å²) < 4.78 is 0. The summed E-state index contributed by atoms with van der Waals surface area (Å²) in [6.07, 6.45) is 2.64. The number of hydrogen-bond acceptors (Lipinski definition) is 3. The summed E-state index contributed by atoms with van der Waals surface area (Å²) in [5, 5.41) is 8.73. The van der Waals surface area contributed by atoms with E-state index in [2.05, 4.69) is 0 Å². The highest BCUT2D eigenvalue weighted by molar-refractivity contribution is 5.82. The van der Waals surface area contributed by atoms with Crippen molar-refractivity contribution < 1.29 is 14.7 Å². The molecule has 1 rings (SSSR count). The Kier molecular flexibility index (Phi) is 5.59. The number of carboxylic acids is 1. The lowest BCUT2D eigenvalue weighted by Gasteiger charge is -2.34. The van der Waals surface area contributed by atoms with E-state index in [0.717, 1.165) is 19.3 Å². The fourth-order valence-electron chi connectivity index (χ4n) is 2.31. The molecular formula is C13H24N2O3. The van der Waals surface area contributed by atoms with Crippen molar-refractivity contribution in [3.8, 4) is 0 Å². The predicted octanol–water partition coefficient (Wildman–Crippen LogP) is 1.07. The van der Waals surface area contributed by atoms with E-state index in [9.17, 15) is 9.59 Å². The summed E-state index contributed by atoms with van der Waals surface area (Å²) in [4.78, 5) is 24.5. The average Bonchev–Trinajstić information content (AvgIpc) is 2.36. The third-order valence-corrected chi connectivity index (χ3v) is 3.93. The normalized spacial score (nSPS) is 20.5. The number of carboxylic acid groups (broad SMARTS) is 1. The van der Waals surface area contributed by atoms with E-state index in [-0.39, 0.29) is 24.2 Å². The van der Waals surface area contributed by atoms with Gasteiger partial charge in [0.2, 0.25) is 5.91 Å². The molecule has 0 radical (unpaired) electrons. The molecule has 0 saturated carbocycles. The lowest BCUT2D eigenvalue weighted by molar-refractivity contribution is -0.139. The fourth-order valence-corrected chi connectivity index (χ4v) is 2.31. The number of nitrogens with zero attached hydrogens (tertiary/aromatic N) is 1. The van der Waals surface area contributed by atoms with Crippen LogP contribution in [0.5, 0.6) is 0 Å². The Labute approximate surface area is 108 Å². The third-order valence-electron chi connectivity index (χ3n) is 3.93. The molecule has 0 spiro atoms. The molecule has 1 heterocycles. The van der Waals surface area contributed by atoms with Gasteiger partial charge in [-0.25, -0.2) is 0 Å². The second-order valence-corrected chi connectivity index (χ2v) is 5.28. The summed E-state index contributed by atoms with van der Waals surface area (Å²) >= 11 is 0. The standard InChI is InChI=1S/C13H24N2O3/c1-3-9(2)12(14)13(18)15-6-4-10(5-7-15)8-11(16)17/h9-10,12H,3-8,14H2,1-2H3,(H,16,17)/t9-,12-/m0/s1. The highest BCUT2D eigenvalue weighted by atomic mass is 16.4. The second kappa shape index (κ2) is 6.73. The van der Waals surface area contributed by atoms with E-state index < -0.39 is 12.0 Å². The van der Waals surface area contributed by atoms with Crippen LogP contribution < -0.4 is 5.73 Å². The summed E-state index contributed by atoms with van der Waals surface area (Å²) in [7, 11) is 0. The summed E-state index contributed by atoms with van der Waals surface area (Å²) in [5.74, 6) is -0.352. The van der Waals surface area contributed by atoms with Crippen molar-refractivity contribution in [2.45, 2.75) is 45.6 Å². The number of nitrogens with two attached hydrogens (primary N) is 1. The van der Waals surface area contributed by atoms with Crippen LogP contribution in [0.4, 0.5) is 0 Å². The Bertz CT molecular complexity index is 299. The van der Waals surface area contributed by atoms with Gasteiger partial charge < -0.3 is 15.7 Å². The van der Waals surface area contributed by atoms with E-state index in [1.807, 2.05) is 13.8 Å². The topological polar surface area (TPSA) is 83.6 Å². The van der Waals surface area contributed by atoms with Gasteiger partial charge in [0.05, 0.1) is 6.04 Å². The maximum absolute atomic E-state index is 12.1. The first kappa shape index (κ1) is 15.0. The van der Waals surface area contributed by atoms with Gasteiger partial charge in [0.15, 0.2) is 0 Å². The Balaban J connectivity index is 2.42. The van der Waals surface area contributed by atoms with Crippen LogP contribution in [0.15, 0.2) is 0 Å². The molecular weight excluding hydrogens is 232 g/mol. The summed E-state index contributed by atoms with van der Waals surface area (Å²) in [6, 6.07) is -0.425. The van der Waals surface area contributed by atoms with Gasteiger partial charge in [0.1, 0.15) is 0 Å². The Hall–Kier alpha value is -1.10. The quantitative estimate of drug-likeness (QED) is 0.770. The van der Waals surface area contributed by atoms with E-state index >= 15 is 0 Å². The molecule has 0 aromatic carbocycles. The highest BCUT2D eigenvalue weighted by Crippen LogP contribution is 2.21. The van der Waals surface area contributed by atoms with Crippen LogP contribution in [0.1, 0.15) is 39.5 Å². The molecule has 0 bridgehead atoms. The van der Waals surface area contributed by atoms with Gasteiger partial charge >= 0.3 is 5.97 Å². The molecule has 1 fully saturated rings. The molecule has 0 aliphatic carbocycles. The Morgan fingerprint density at radius 2 is 1.94 bits per heavy atom. The largest absolute Gasteiger partial charge is 0.481 e. The summed E-state index contributed by atoms with van der Waals surface area (Å²) in [6.45, 7) is 5.29. The van der Waals surface area contributed by atoms with Crippen LogP contribution in [0.2, 0.25) is 0 Å². The number of rotatable bonds is 5. The number of carbonyl (C=O) groups is 2. The van der Waals surface area contributed by atoms with Crippen molar-refractivity contribution in [1.82, 2.24) is 4.90 Å². The number of aliphatic carboxylic acids is 1. The fraction of sp³-hybridized carbons (Fsp3) is 0.846. The molecule has 0 aromatic heterocycles. The van der Waals surface area contributed by atoms with Crippen LogP contribution in [0.3, 0.4) is 0 Å². The van der Waals surface area contributed by atoms with E-state index in [1.54, 1.807) is 4.90 Å². The lowest BCUT2D eigenvalue weighted by Crippen LogP contribution is -2.49. The third kappa shape index (κ3) is 3.98. The Morgan fingerprint density at radius 1 is 1.39 bits per heavy atom. The van der Waals surface area contributed by atoms with E-state index in [1.165, 1.54) is 0 Å². The Morgan fingerprint density at radius 3 is 2.39 bits per heavy atom. The molecule has 5 heteroatoms. The zero-order valence-electron chi connectivity index (χ0n) is 11.3. The SMILES string of the molecule is CC[C@H](C)[C@H](N)C(=O)N1CCC(CC(=O)O)CC1. The van der Waals surface area contributed by atoms with Gasteiger partial charge in [-0.3, -0.25) is 9.59 Å². The molecule has 1 aliphatic rings. The van der Waals surface area contributed by atoms with Crippen molar-refractivity contribution in [3.63, 3.8) is 0 Å². The smallest absolute Gasteiger partial charge is 0.303 e. The number of hydrogen-bond donors (Lipinski definition) is 2. The maximum atomic E-state index is 12.1. The van der Waals surface area contributed by atoms with Crippen molar-refractivity contribution >= 4 is 11.9 Å². The molecule has 104 valence electrons. The molecule has 1 aliphatic heterocycles. The van der Waals surface area contributed by atoms with Crippen LogP contribution in [0.25, 0.3) is 0 Å². The van der Waals surface area contributed by atoms with Gasteiger partial charge in [0, 0.05) is 19.5 Å². The van der Waals surface area contributed by atoms with Gasteiger partial charge in [-0.2, -0.15) is 0 Å². The van der Waals surface area contributed by atoms with Crippen molar-refractivity contribution in [2.75, 3.05) is 13.1 Å². The first-order chi connectivity index (χ1) is 8.45. The maximum Gasteiger partial charge on any atom is 0.303 e. The molecule has 1 saturated heterocycles. The molecule has 3 N–H and O–H groups in total. The van der Waals surface area contributed by atoms with Crippen molar-refractivity contribution in [2.24, 2.45) is 17.6 Å². The monoisotopic (exact) mass is 256 g/mol. The zero-order valence-corrected chi connectivity index (χ0v) is 11.3. The predicted molar refractivity (Wildman–Crippen MR) is 69.0 cm³/mol. The minimum absolute atomic E-state index is 0.0122. The molecule has 0 aromatic rings. The highest BCUT2D eigenvalue weighted by Gasteiger charge is 2.29. The second-order valence-electron chi connectivity index (χ2n) is 5.28.